The molecule has 0 saturated heterocycles. The van der Waals surface area contributed by atoms with E-state index in [0.717, 1.165) is 21.2 Å². The van der Waals surface area contributed by atoms with Crippen molar-refractivity contribution in [1.82, 2.24) is 34.0 Å². The summed E-state index contributed by atoms with van der Waals surface area (Å²) in [5.41, 5.74) is 0.254. The fourth-order valence-electron chi connectivity index (χ4n) is 4.27. The highest BCUT2D eigenvalue weighted by Crippen LogP contribution is 2.17. The fraction of sp³-hybridized carbons (Fsp3) is 0.429. The number of imidazole rings is 1. The molecule has 0 fully saturated rings. The summed E-state index contributed by atoms with van der Waals surface area (Å²) in [5, 5.41) is 6.85. The third-order valence-electron chi connectivity index (χ3n) is 6.12. The van der Waals surface area contributed by atoms with E-state index in [2.05, 4.69) is 37.4 Å². The van der Waals surface area contributed by atoms with Crippen molar-refractivity contribution in [2.24, 2.45) is 7.05 Å². The first kappa shape index (κ1) is 28.4. The summed E-state index contributed by atoms with van der Waals surface area (Å²) in [6.45, 7) is 11.1. The minimum absolute atomic E-state index is 0.0998. The van der Waals surface area contributed by atoms with Gasteiger partial charge in [0.25, 0.3) is 5.56 Å². The average Bonchev–Trinajstić information content (AvgIpc) is 3.25. The van der Waals surface area contributed by atoms with Gasteiger partial charge in [-0.25, -0.2) is 19.6 Å². The summed E-state index contributed by atoms with van der Waals surface area (Å²) in [6, 6.07) is 7.26. The van der Waals surface area contributed by atoms with E-state index in [4.69, 9.17) is 4.74 Å². The molecule has 210 valence electrons. The lowest BCUT2D eigenvalue weighted by Gasteiger charge is -2.22. The number of para-hydroxylation sites is 1. The first-order valence-corrected chi connectivity index (χ1v) is 12.9. The van der Waals surface area contributed by atoms with E-state index in [9.17, 15) is 14.4 Å². The number of amides is 1. The quantitative estimate of drug-likeness (QED) is 0.337. The Hall–Kier alpha value is -4.66. The molecule has 0 spiro atoms. The minimum Gasteiger partial charge on any atom is -0.444 e. The number of aryl methyl sites for hydroxylation is 2. The fourth-order valence-corrected chi connectivity index (χ4v) is 4.27. The van der Waals surface area contributed by atoms with Crippen molar-refractivity contribution in [3.05, 3.63) is 56.6 Å². The molecule has 12 nitrogen and oxygen atoms in total. The van der Waals surface area contributed by atoms with Crippen molar-refractivity contribution in [3.8, 4) is 11.8 Å². The summed E-state index contributed by atoms with van der Waals surface area (Å²) in [7, 11) is 1.56. The molecule has 0 unspecified atom stereocenters. The van der Waals surface area contributed by atoms with Crippen molar-refractivity contribution in [1.29, 1.82) is 0 Å². The minimum atomic E-state index is -0.620. The van der Waals surface area contributed by atoms with Crippen LogP contribution in [0, 0.1) is 18.8 Å². The maximum atomic E-state index is 13.8. The Bertz CT molecular complexity index is 1770. The van der Waals surface area contributed by atoms with Crippen LogP contribution in [0.2, 0.25) is 0 Å². The predicted octanol–water partition coefficient (Wildman–Crippen LogP) is 2.55. The predicted molar refractivity (Wildman–Crippen MR) is 153 cm³/mol. The Morgan fingerprint density at radius 3 is 2.55 bits per heavy atom. The van der Waals surface area contributed by atoms with Crippen molar-refractivity contribution in [2.75, 3.05) is 11.9 Å². The topological polar surface area (TPSA) is 138 Å². The average molecular weight is 547 g/mol. The molecule has 0 bridgehead atoms. The van der Waals surface area contributed by atoms with Crippen molar-refractivity contribution in [3.63, 3.8) is 0 Å². The van der Waals surface area contributed by atoms with Gasteiger partial charge in [0, 0.05) is 30.7 Å². The van der Waals surface area contributed by atoms with Crippen LogP contribution in [0.15, 0.2) is 33.9 Å². The highest BCUT2D eigenvalue weighted by atomic mass is 16.6. The Kier molecular flexibility index (Phi) is 7.95. The number of hydrogen-bond acceptors (Lipinski definition) is 8. The number of alkyl carbamates (subject to hydrolysis) is 1. The lowest BCUT2D eigenvalue weighted by Crippen LogP contribution is -2.41. The molecule has 1 aromatic carbocycles. The van der Waals surface area contributed by atoms with Crippen molar-refractivity contribution in [2.45, 2.75) is 66.3 Å². The summed E-state index contributed by atoms with van der Waals surface area (Å²) >= 11 is 0. The van der Waals surface area contributed by atoms with Crippen LogP contribution in [0.25, 0.3) is 22.1 Å². The summed E-state index contributed by atoms with van der Waals surface area (Å²) in [4.78, 5) is 52.9. The van der Waals surface area contributed by atoms with Gasteiger partial charge in [-0.15, -0.1) is 5.92 Å². The van der Waals surface area contributed by atoms with Crippen LogP contribution in [-0.2, 0) is 24.9 Å². The van der Waals surface area contributed by atoms with Gasteiger partial charge in [-0.2, -0.15) is 4.98 Å². The number of ether oxygens (including phenoxy) is 1. The number of benzene rings is 1. The number of aromatic nitrogens is 6. The van der Waals surface area contributed by atoms with E-state index in [1.165, 1.54) is 4.57 Å². The first-order chi connectivity index (χ1) is 18.9. The van der Waals surface area contributed by atoms with E-state index in [-0.39, 0.29) is 36.8 Å². The number of nitrogens with zero attached hydrogens (tertiary/aromatic N) is 6. The van der Waals surface area contributed by atoms with E-state index in [1.807, 2.05) is 38.1 Å². The van der Waals surface area contributed by atoms with Crippen molar-refractivity contribution >= 4 is 34.1 Å². The van der Waals surface area contributed by atoms with Crippen LogP contribution >= 0.6 is 0 Å². The zero-order valence-electron chi connectivity index (χ0n) is 23.8. The molecule has 4 aromatic rings. The number of carbonyl (C=O) groups excluding carboxylic acids is 1. The molecular weight excluding hydrogens is 512 g/mol. The molecular formula is C28H34N8O4. The number of rotatable bonds is 7. The number of nitrogens with one attached hydrogen (secondary N) is 2. The maximum absolute atomic E-state index is 13.8. The van der Waals surface area contributed by atoms with E-state index in [0.29, 0.717) is 11.8 Å². The summed E-state index contributed by atoms with van der Waals surface area (Å²) < 4.78 is 9.39. The van der Waals surface area contributed by atoms with Crippen LogP contribution in [0.3, 0.4) is 0 Å². The molecule has 3 heterocycles. The Balaban J connectivity index is 1.71. The summed E-state index contributed by atoms with van der Waals surface area (Å²) in [6.07, 6.45) is -0.538. The zero-order chi connectivity index (χ0) is 29.2. The van der Waals surface area contributed by atoms with Gasteiger partial charge in [0.2, 0.25) is 5.95 Å². The molecule has 0 aliphatic heterocycles. The number of fused-ring (bicyclic) bond motifs is 2. The second-order valence-electron chi connectivity index (χ2n) is 10.5. The van der Waals surface area contributed by atoms with Crippen LogP contribution < -0.4 is 21.9 Å². The molecule has 3 aromatic heterocycles. The molecule has 0 radical (unpaired) electrons. The SMILES string of the molecule is CC#CCn1c(NC[C@@H](C)NC(=O)OC(C)(C)C)nc2c1c(=O)n(Cc1nc(C)c3ccccc3n1)c(=O)n2C. The van der Waals surface area contributed by atoms with Gasteiger partial charge in [0.1, 0.15) is 11.4 Å². The number of hydrogen-bond donors (Lipinski definition) is 2. The number of carbonyl (C=O) groups is 1. The van der Waals surface area contributed by atoms with Crippen LogP contribution in [0.4, 0.5) is 10.7 Å². The molecule has 4 rings (SSSR count). The largest absolute Gasteiger partial charge is 0.444 e. The standard InChI is InChI=1S/C28H34N8O4/c1-8-9-14-35-22-23(33-25(35)29-15-17(2)30-26(38)40-28(4,5)6)34(7)27(39)36(24(22)37)16-21-31-18(3)19-12-10-11-13-20(19)32-21/h10-13,17H,14-16H2,1-7H3,(H,29,33)(H,30,38)/t17-/m1/s1. The Morgan fingerprint density at radius 1 is 1.12 bits per heavy atom. The number of anilines is 1. The van der Waals surface area contributed by atoms with Gasteiger partial charge in [0.15, 0.2) is 11.2 Å². The second kappa shape index (κ2) is 11.2. The Labute approximate surface area is 231 Å². The van der Waals surface area contributed by atoms with E-state index in [1.54, 1.807) is 39.3 Å². The van der Waals surface area contributed by atoms with Gasteiger partial charge in [0.05, 0.1) is 18.6 Å². The molecule has 2 N–H and O–H groups in total. The first-order valence-electron chi connectivity index (χ1n) is 12.9. The molecule has 0 aliphatic carbocycles. The lowest BCUT2D eigenvalue weighted by atomic mass is 10.2. The smallest absolute Gasteiger partial charge is 0.407 e. The van der Waals surface area contributed by atoms with Crippen LogP contribution in [0.5, 0.6) is 0 Å². The normalized spacial score (nSPS) is 12.2. The van der Waals surface area contributed by atoms with Gasteiger partial charge in [-0.3, -0.25) is 18.5 Å². The highest BCUT2D eigenvalue weighted by molar-refractivity contribution is 5.80. The summed E-state index contributed by atoms with van der Waals surface area (Å²) in [5.74, 6) is 6.51. The molecule has 1 amide bonds. The molecule has 1 atom stereocenters. The molecule has 0 aliphatic rings. The van der Waals surface area contributed by atoms with Gasteiger partial charge in [-0.05, 0) is 47.6 Å². The highest BCUT2D eigenvalue weighted by Gasteiger charge is 2.22. The monoisotopic (exact) mass is 546 g/mol. The van der Waals surface area contributed by atoms with Gasteiger partial charge in [-0.1, -0.05) is 24.1 Å². The lowest BCUT2D eigenvalue weighted by molar-refractivity contribution is 0.0511. The molecule has 12 heteroatoms. The third-order valence-corrected chi connectivity index (χ3v) is 6.12. The molecule has 40 heavy (non-hydrogen) atoms. The van der Waals surface area contributed by atoms with Gasteiger partial charge >= 0.3 is 11.8 Å². The second-order valence-corrected chi connectivity index (χ2v) is 10.5. The third kappa shape index (κ3) is 5.98. The Morgan fingerprint density at radius 2 is 1.85 bits per heavy atom. The van der Waals surface area contributed by atoms with Crippen LogP contribution in [0.1, 0.15) is 46.1 Å². The zero-order valence-corrected chi connectivity index (χ0v) is 23.8. The van der Waals surface area contributed by atoms with Crippen molar-refractivity contribution < 1.29 is 9.53 Å². The molecule has 0 saturated carbocycles. The van der Waals surface area contributed by atoms with E-state index >= 15 is 0 Å². The van der Waals surface area contributed by atoms with E-state index < -0.39 is 22.9 Å². The maximum Gasteiger partial charge on any atom is 0.407 e. The van der Waals surface area contributed by atoms with Crippen LogP contribution in [-0.4, -0.2) is 52.9 Å². The van der Waals surface area contributed by atoms with Gasteiger partial charge < -0.3 is 15.4 Å².